The lowest BCUT2D eigenvalue weighted by Gasteiger charge is -2.10. The van der Waals surface area contributed by atoms with Crippen LogP contribution in [0.3, 0.4) is 0 Å². The lowest BCUT2D eigenvalue weighted by atomic mass is 10.1. The summed E-state index contributed by atoms with van der Waals surface area (Å²) in [6.45, 7) is 2.14. The number of carboxylic acid groups (broad SMARTS) is 1. The number of hydrogen-bond acceptors (Lipinski definition) is 4. The summed E-state index contributed by atoms with van der Waals surface area (Å²) in [7, 11) is -3.49. The highest BCUT2D eigenvalue weighted by Gasteiger charge is 2.14. The first-order chi connectivity index (χ1) is 11.9. The third-order valence-corrected chi connectivity index (χ3v) is 5.33. The van der Waals surface area contributed by atoms with E-state index in [-0.39, 0.29) is 11.4 Å². The molecule has 0 radical (unpaired) electrons. The average molecular weight is 364 g/mol. The first-order valence-corrected chi connectivity index (χ1v) is 10.2. The van der Waals surface area contributed by atoms with Gasteiger partial charge in [0.25, 0.3) is 0 Å². The lowest BCUT2D eigenvalue weighted by Crippen LogP contribution is -2.17. The molecule has 0 bridgehead atoms. The van der Waals surface area contributed by atoms with Crippen molar-refractivity contribution in [3.63, 3.8) is 0 Å². The van der Waals surface area contributed by atoms with Crippen LogP contribution in [-0.2, 0) is 10.0 Å². The van der Waals surface area contributed by atoms with Crippen LogP contribution in [0.4, 0.5) is 5.69 Å². The summed E-state index contributed by atoms with van der Waals surface area (Å²) < 4.78 is 27.1. The van der Waals surface area contributed by atoms with Gasteiger partial charge < -0.3 is 5.11 Å². The Labute approximate surface area is 148 Å². The van der Waals surface area contributed by atoms with Crippen molar-refractivity contribution in [1.29, 1.82) is 0 Å². The number of fused-ring (bicyclic) bond motifs is 1. The molecule has 0 spiro atoms. The van der Waals surface area contributed by atoms with Crippen molar-refractivity contribution in [2.75, 3.05) is 10.5 Å². The molecule has 0 aliphatic carbocycles. The molecular weight excluding hydrogens is 340 g/mol. The molecule has 6 nitrogen and oxygen atoms in total. The Kier molecular flexibility index (Phi) is 6.75. The zero-order valence-corrected chi connectivity index (χ0v) is 15.2. The molecule has 0 amide bonds. The van der Waals surface area contributed by atoms with Crippen LogP contribution >= 0.6 is 0 Å². The number of para-hydroxylation sites is 1. The molecule has 2 rings (SSSR count). The number of carboxylic acids is 1. The number of benzene rings is 1. The van der Waals surface area contributed by atoms with Crippen molar-refractivity contribution in [2.45, 2.75) is 45.4 Å². The molecule has 2 N–H and O–H groups in total. The number of hydrogen-bond donors (Lipinski definition) is 2. The van der Waals surface area contributed by atoms with Gasteiger partial charge in [-0.2, -0.15) is 0 Å². The maximum Gasteiger partial charge on any atom is 0.354 e. The molecule has 7 heteroatoms. The second-order valence-electron chi connectivity index (χ2n) is 6.07. The molecule has 2 aromatic rings. The molecule has 0 aliphatic heterocycles. The zero-order valence-electron chi connectivity index (χ0n) is 14.4. The topological polar surface area (TPSA) is 96.4 Å². The number of anilines is 1. The van der Waals surface area contributed by atoms with Gasteiger partial charge in [-0.1, -0.05) is 57.2 Å². The highest BCUT2D eigenvalue weighted by atomic mass is 32.2. The summed E-state index contributed by atoms with van der Waals surface area (Å²) in [6.07, 6.45) is 6.01. The van der Waals surface area contributed by atoms with Crippen molar-refractivity contribution in [1.82, 2.24) is 4.98 Å². The smallest absolute Gasteiger partial charge is 0.354 e. The van der Waals surface area contributed by atoms with Gasteiger partial charge in [0.15, 0.2) is 0 Å². The van der Waals surface area contributed by atoms with E-state index in [0.717, 1.165) is 25.7 Å². The molecule has 1 aromatic heterocycles. The summed E-state index contributed by atoms with van der Waals surface area (Å²) in [5.74, 6) is -1.10. The Morgan fingerprint density at radius 2 is 1.80 bits per heavy atom. The highest BCUT2D eigenvalue weighted by molar-refractivity contribution is 7.92. The number of nitrogens with one attached hydrogen (secondary N) is 1. The van der Waals surface area contributed by atoms with Gasteiger partial charge in [0.1, 0.15) is 5.69 Å². The van der Waals surface area contributed by atoms with E-state index in [1.165, 1.54) is 12.5 Å². The zero-order chi connectivity index (χ0) is 18.3. The molecule has 1 heterocycles. The van der Waals surface area contributed by atoms with Gasteiger partial charge in [-0.15, -0.1) is 0 Å². The fourth-order valence-electron chi connectivity index (χ4n) is 2.64. The van der Waals surface area contributed by atoms with E-state index >= 15 is 0 Å². The first-order valence-electron chi connectivity index (χ1n) is 8.56. The molecule has 1 aromatic carbocycles. The van der Waals surface area contributed by atoms with Crippen LogP contribution in [0.1, 0.15) is 55.9 Å². The quantitative estimate of drug-likeness (QED) is 0.620. The van der Waals surface area contributed by atoms with E-state index in [1.54, 1.807) is 24.3 Å². The Morgan fingerprint density at radius 1 is 1.08 bits per heavy atom. The molecule has 0 saturated carbocycles. The van der Waals surface area contributed by atoms with Gasteiger partial charge in [-0.3, -0.25) is 4.72 Å². The normalized spacial score (nSPS) is 11.6. The predicted octanol–water partition coefficient (Wildman–Crippen LogP) is 4.04. The first kappa shape index (κ1) is 19.2. The number of rotatable bonds is 10. The number of aromatic nitrogens is 1. The molecule has 25 heavy (non-hydrogen) atoms. The van der Waals surface area contributed by atoms with Crippen LogP contribution in [0, 0.1) is 0 Å². The fourth-order valence-corrected chi connectivity index (χ4v) is 3.83. The standard InChI is InChI=1S/C18H24N2O4S/c1-2-3-4-5-6-7-13-25(23,24)20-15-10-8-9-14-11-12-16(18(21)22)19-17(14)15/h8-12,20H,2-7,13H2,1H3,(H,21,22). The molecule has 0 saturated heterocycles. The van der Waals surface area contributed by atoms with Crippen molar-refractivity contribution in [3.05, 3.63) is 36.0 Å². The van der Waals surface area contributed by atoms with E-state index in [2.05, 4.69) is 16.6 Å². The number of pyridine rings is 1. The van der Waals surface area contributed by atoms with Gasteiger partial charge in [-0.05, 0) is 18.6 Å². The number of nitrogens with zero attached hydrogens (tertiary/aromatic N) is 1. The summed E-state index contributed by atoms with van der Waals surface area (Å²) in [4.78, 5) is 15.2. The number of aromatic carboxylic acids is 1. The van der Waals surface area contributed by atoms with Crippen LogP contribution in [0.5, 0.6) is 0 Å². The lowest BCUT2D eigenvalue weighted by molar-refractivity contribution is 0.0691. The van der Waals surface area contributed by atoms with E-state index in [0.29, 0.717) is 23.0 Å². The van der Waals surface area contributed by atoms with Crippen molar-refractivity contribution in [2.24, 2.45) is 0 Å². The van der Waals surface area contributed by atoms with Gasteiger partial charge in [0, 0.05) is 5.39 Å². The maximum absolute atomic E-state index is 12.3. The minimum absolute atomic E-state index is 0.0497. The molecule has 0 unspecified atom stereocenters. The molecule has 0 atom stereocenters. The second-order valence-corrected chi connectivity index (χ2v) is 7.91. The van der Waals surface area contributed by atoms with Crippen LogP contribution in [0.2, 0.25) is 0 Å². The monoisotopic (exact) mass is 364 g/mol. The van der Waals surface area contributed by atoms with Gasteiger partial charge in [0.2, 0.25) is 10.0 Å². The Bertz CT molecular complexity index is 834. The molecule has 0 fully saturated rings. The third-order valence-electron chi connectivity index (χ3n) is 3.97. The van der Waals surface area contributed by atoms with Crippen molar-refractivity contribution in [3.8, 4) is 0 Å². The number of carbonyl (C=O) groups is 1. The predicted molar refractivity (Wildman–Crippen MR) is 99.5 cm³/mol. The number of sulfonamides is 1. The number of unbranched alkanes of at least 4 members (excludes halogenated alkanes) is 5. The summed E-state index contributed by atoms with van der Waals surface area (Å²) in [5.41, 5.74) is 0.538. The van der Waals surface area contributed by atoms with Crippen molar-refractivity contribution < 1.29 is 18.3 Å². The SMILES string of the molecule is CCCCCCCCS(=O)(=O)Nc1cccc2ccc(C(=O)O)nc12. The van der Waals surface area contributed by atoms with Crippen molar-refractivity contribution >= 4 is 32.6 Å². The molecule has 0 aliphatic rings. The Hall–Kier alpha value is -2.15. The average Bonchev–Trinajstić information content (AvgIpc) is 2.57. The Morgan fingerprint density at radius 3 is 2.52 bits per heavy atom. The molecular formula is C18H24N2O4S. The minimum Gasteiger partial charge on any atom is -0.477 e. The highest BCUT2D eigenvalue weighted by Crippen LogP contribution is 2.23. The van der Waals surface area contributed by atoms with Crippen LogP contribution in [0.15, 0.2) is 30.3 Å². The van der Waals surface area contributed by atoms with E-state index in [4.69, 9.17) is 5.11 Å². The fraction of sp³-hybridized carbons (Fsp3) is 0.444. The van der Waals surface area contributed by atoms with E-state index in [9.17, 15) is 13.2 Å². The van der Waals surface area contributed by atoms with Crippen LogP contribution < -0.4 is 4.72 Å². The van der Waals surface area contributed by atoms with Gasteiger partial charge in [-0.25, -0.2) is 18.2 Å². The Balaban J connectivity index is 2.08. The van der Waals surface area contributed by atoms with E-state index < -0.39 is 16.0 Å². The minimum atomic E-state index is -3.49. The van der Waals surface area contributed by atoms with Gasteiger partial charge >= 0.3 is 5.97 Å². The second kappa shape index (κ2) is 8.80. The third kappa shape index (κ3) is 5.70. The van der Waals surface area contributed by atoms with Crippen LogP contribution in [0.25, 0.3) is 10.9 Å². The summed E-state index contributed by atoms with van der Waals surface area (Å²) in [6, 6.07) is 8.10. The van der Waals surface area contributed by atoms with Gasteiger partial charge in [0.05, 0.1) is 17.0 Å². The summed E-state index contributed by atoms with van der Waals surface area (Å²) in [5, 5.41) is 9.76. The maximum atomic E-state index is 12.3. The largest absolute Gasteiger partial charge is 0.477 e. The summed E-state index contributed by atoms with van der Waals surface area (Å²) >= 11 is 0. The van der Waals surface area contributed by atoms with Crippen LogP contribution in [-0.4, -0.2) is 30.2 Å². The van der Waals surface area contributed by atoms with E-state index in [1.807, 2.05) is 0 Å². The molecule has 136 valence electrons.